The summed E-state index contributed by atoms with van der Waals surface area (Å²) in [7, 11) is 0. The number of rotatable bonds is 6. The molecule has 1 aliphatic carbocycles. The molecule has 140 valence electrons. The minimum atomic E-state index is -0.813. The highest BCUT2D eigenvalue weighted by Gasteiger charge is 2.37. The van der Waals surface area contributed by atoms with Gasteiger partial charge in [-0.3, -0.25) is 19.3 Å². The van der Waals surface area contributed by atoms with E-state index in [9.17, 15) is 14.4 Å². The van der Waals surface area contributed by atoms with Crippen molar-refractivity contribution in [1.29, 1.82) is 0 Å². The number of amides is 2. The fourth-order valence-corrected chi connectivity index (χ4v) is 3.62. The largest absolute Gasteiger partial charge is 0.481 e. The third kappa shape index (κ3) is 4.40. The van der Waals surface area contributed by atoms with E-state index in [0.29, 0.717) is 32.5 Å². The summed E-state index contributed by atoms with van der Waals surface area (Å²) in [5.74, 6) is -1.51. The molecule has 0 spiro atoms. The van der Waals surface area contributed by atoms with E-state index < -0.39 is 12.0 Å². The molecule has 1 aromatic rings. The van der Waals surface area contributed by atoms with Gasteiger partial charge in [0.25, 0.3) is 0 Å². The number of nitrogens with zero attached hydrogens (tertiary/aromatic N) is 1. The molecule has 7 nitrogen and oxygen atoms in total. The van der Waals surface area contributed by atoms with Gasteiger partial charge in [-0.05, 0) is 25.3 Å². The zero-order valence-electron chi connectivity index (χ0n) is 14.9. The molecule has 0 radical (unpaired) electrons. The number of aryl methyl sites for hydroxylation is 1. The second kappa shape index (κ2) is 7.86. The fourth-order valence-electron chi connectivity index (χ4n) is 3.62. The van der Waals surface area contributed by atoms with Gasteiger partial charge in [0.15, 0.2) is 0 Å². The van der Waals surface area contributed by atoms with Gasteiger partial charge in [0.05, 0.1) is 18.4 Å². The number of aliphatic carboxylic acids is 1. The number of hydrogen-bond donors (Lipinski definition) is 3. The summed E-state index contributed by atoms with van der Waals surface area (Å²) >= 11 is 0. The summed E-state index contributed by atoms with van der Waals surface area (Å²) in [5.41, 5.74) is 2.28. The Bertz CT molecular complexity index is 700. The molecule has 1 heterocycles. The van der Waals surface area contributed by atoms with Gasteiger partial charge in [-0.1, -0.05) is 29.8 Å². The second-order valence-corrected chi connectivity index (χ2v) is 7.24. The van der Waals surface area contributed by atoms with E-state index in [2.05, 4.69) is 16.7 Å². The highest BCUT2D eigenvalue weighted by molar-refractivity contribution is 5.89. The monoisotopic (exact) mass is 359 g/mol. The van der Waals surface area contributed by atoms with Gasteiger partial charge in [0.2, 0.25) is 11.8 Å². The van der Waals surface area contributed by atoms with Crippen LogP contribution in [-0.4, -0.2) is 53.0 Å². The zero-order valence-corrected chi connectivity index (χ0v) is 14.9. The lowest BCUT2D eigenvalue weighted by Gasteiger charge is -2.36. The Hall–Kier alpha value is -2.41. The van der Waals surface area contributed by atoms with Crippen LogP contribution < -0.4 is 10.6 Å². The molecule has 2 aliphatic rings. The van der Waals surface area contributed by atoms with Crippen LogP contribution in [-0.2, 0) is 20.9 Å². The predicted molar refractivity (Wildman–Crippen MR) is 95.3 cm³/mol. The lowest BCUT2D eigenvalue weighted by Crippen LogP contribution is -2.57. The number of carbonyl (C=O) groups is 3. The zero-order chi connectivity index (χ0) is 18.7. The van der Waals surface area contributed by atoms with E-state index >= 15 is 0 Å². The number of carbonyl (C=O) groups excluding carboxylic acids is 2. The Kier molecular flexibility index (Phi) is 5.56. The Morgan fingerprint density at radius 3 is 2.81 bits per heavy atom. The SMILES string of the molecule is Cc1cccc(CN2CCNC(=O)[C@H]2CC(=O)NC2CC(C(=O)O)C2)c1. The van der Waals surface area contributed by atoms with Crippen molar-refractivity contribution in [1.82, 2.24) is 15.5 Å². The van der Waals surface area contributed by atoms with Crippen molar-refractivity contribution in [2.75, 3.05) is 13.1 Å². The van der Waals surface area contributed by atoms with Crippen LogP contribution in [0, 0.1) is 12.8 Å². The van der Waals surface area contributed by atoms with Gasteiger partial charge in [-0.25, -0.2) is 0 Å². The summed E-state index contributed by atoms with van der Waals surface area (Å²) in [6.45, 7) is 3.92. The number of carboxylic acid groups (broad SMARTS) is 1. The summed E-state index contributed by atoms with van der Waals surface area (Å²) < 4.78 is 0. The third-order valence-electron chi connectivity index (χ3n) is 5.14. The van der Waals surface area contributed by atoms with Gasteiger partial charge in [-0.2, -0.15) is 0 Å². The smallest absolute Gasteiger partial charge is 0.306 e. The standard InChI is InChI=1S/C19H25N3O4/c1-12-3-2-4-13(7-12)11-22-6-5-20-18(24)16(22)10-17(23)21-15-8-14(9-15)19(25)26/h2-4,7,14-16H,5-6,8-11H2,1H3,(H,20,24)(H,21,23)(H,25,26)/t14?,15?,16-/m1/s1. The molecular weight excluding hydrogens is 334 g/mol. The Morgan fingerprint density at radius 1 is 1.35 bits per heavy atom. The Morgan fingerprint density at radius 2 is 2.12 bits per heavy atom. The van der Waals surface area contributed by atoms with E-state index in [4.69, 9.17) is 5.11 Å². The molecular formula is C19H25N3O4. The quantitative estimate of drug-likeness (QED) is 0.693. The van der Waals surface area contributed by atoms with Gasteiger partial charge in [0.1, 0.15) is 0 Å². The van der Waals surface area contributed by atoms with Crippen LogP contribution >= 0.6 is 0 Å². The first-order valence-corrected chi connectivity index (χ1v) is 9.02. The van der Waals surface area contributed by atoms with Gasteiger partial charge >= 0.3 is 5.97 Å². The number of carboxylic acids is 1. The van der Waals surface area contributed by atoms with Crippen LogP contribution in [0.3, 0.4) is 0 Å². The van der Waals surface area contributed by atoms with E-state index in [1.54, 1.807) is 0 Å². The molecule has 7 heteroatoms. The predicted octanol–water partition coefficient (Wildman–Crippen LogP) is 0.665. The first kappa shape index (κ1) is 18.4. The summed E-state index contributed by atoms with van der Waals surface area (Å²) in [5, 5.41) is 14.6. The molecule has 1 atom stereocenters. The average Bonchev–Trinajstić information content (AvgIpc) is 2.53. The normalized spacial score (nSPS) is 25.9. The van der Waals surface area contributed by atoms with Gasteiger partial charge < -0.3 is 15.7 Å². The fraction of sp³-hybridized carbons (Fsp3) is 0.526. The van der Waals surface area contributed by atoms with Crippen molar-refractivity contribution in [2.24, 2.45) is 5.92 Å². The van der Waals surface area contributed by atoms with E-state index in [0.717, 1.165) is 11.1 Å². The van der Waals surface area contributed by atoms with Crippen molar-refractivity contribution in [3.8, 4) is 0 Å². The molecule has 0 aromatic heterocycles. The third-order valence-corrected chi connectivity index (χ3v) is 5.14. The molecule has 1 aromatic carbocycles. The number of benzene rings is 1. The van der Waals surface area contributed by atoms with Gasteiger partial charge in [0, 0.05) is 25.7 Å². The molecule has 26 heavy (non-hydrogen) atoms. The van der Waals surface area contributed by atoms with Crippen LogP contribution in [0.5, 0.6) is 0 Å². The first-order chi connectivity index (χ1) is 12.4. The minimum Gasteiger partial charge on any atom is -0.481 e. The number of piperazine rings is 1. The Labute approximate surface area is 152 Å². The lowest BCUT2D eigenvalue weighted by atomic mass is 9.80. The van der Waals surface area contributed by atoms with Crippen LogP contribution in [0.1, 0.15) is 30.4 Å². The lowest BCUT2D eigenvalue weighted by molar-refractivity contribution is -0.146. The van der Waals surface area contributed by atoms with Crippen LogP contribution in [0.4, 0.5) is 0 Å². The Balaban J connectivity index is 1.57. The summed E-state index contributed by atoms with van der Waals surface area (Å²) in [6, 6.07) is 7.54. The van der Waals surface area contributed by atoms with Crippen LogP contribution in [0.15, 0.2) is 24.3 Å². The molecule has 0 bridgehead atoms. The van der Waals surface area contributed by atoms with E-state index in [1.165, 1.54) is 0 Å². The van der Waals surface area contributed by atoms with E-state index in [-0.39, 0.29) is 30.2 Å². The average molecular weight is 359 g/mol. The molecule has 0 unspecified atom stereocenters. The van der Waals surface area contributed by atoms with Crippen molar-refractivity contribution in [3.63, 3.8) is 0 Å². The highest BCUT2D eigenvalue weighted by Crippen LogP contribution is 2.27. The summed E-state index contributed by atoms with van der Waals surface area (Å²) in [6.07, 6.45) is 1.02. The molecule has 2 fully saturated rings. The maximum atomic E-state index is 12.3. The number of nitrogens with one attached hydrogen (secondary N) is 2. The van der Waals surface area contributed by atoms with Crippen molar-refractivity contribution in [3.05, 3.63) is 35.4 Å². The van der Waals surface area contributed by atoms with Crippen molar-refractivity contribution >= 4 is 17.8 Å². The van der Waals surface area contributed by atoms with Crippen LogP contribution in [0.2, 0.25) is 0 Å². The number of hydrogen-bond acceptors (Lipinski definition) is 4. The second-order valence-electron chi connectivity index (χ2n) is 7.24. The van der Waals surface area contributed by atoms with E-state index in [1.807, 2.05) is 30.0 Å². The molecule has 1 saturated heterocycles. The summed E-state index contributed by atoms with van der Waals surface area (Å²) in [4.78, 5) is 37.5. The first-order valence-electron chi connectivity index (χ1n) is 9.02. The maximum Gasteiger partial charge on any atom is 0.306 e. The molecule has 1 saturated carbocycles. The molecule has 1 aliphatic heterocycles. The topological polar surface area (TPSA) is 98.7 Å². The van der Waals surface area contributed by atoms with Crippen molar-refractivity contribution < 1.29 is 19.5 Å². The van der Waals surface area contributed by atoms with Crippen LogP contribution in [0.25, 0.3) is 0 Å². The minimum absolute atomic E-state index is 0.0892. The molecule has 2 amide bonds. The highest BCUT2D eigenvalue weighted by atomic mass is 16.4. The van der Waals surface area contributed by atoms with Crippen molar-refractivity contribution in [2.45, 2.75) is 44.8 Å². The molecule has 3 N–H and O–H groups in total. The molecule has 3 rings (SSSR count). The maximum absolute atomic E-state index is 12.3. The van der Waals surface area contributed by atoms with Gasteiger partial charge in [-0.15, -0.1) is 0 Å².